The third kappa shape index (κ3) is 6.26. The number of carbonyl (C=O) groups is 1. The van der Waals surface area contributed by atoms with Gasteiger partial charge in [-0.25, -0.2) is 0 Å². The van der Waals surface area contributed by atoms with E-state index in [0.29, 0.717) is 11.3 Å². The van der Waals surface area contributed by atoms with Crippen molar-refractivity contribution in [3.63, 3.8) is 0 Å². The second kappa shape index (κ2) is 11.0. The molecule has 184 valence electrons. The van der Waals surface area contributed by atoms with Crippen molar-refractivity contribution >= 4 is 49.4 Å². The van der Waals surface area contributed by atoms with E-state index < -0.39 is 20.9 Å². The van der Waals surface area contributed by atoms with Crippen molar-refractivity contribution in [1.82, 2.24) is 0 Å². The number of non-ortho nitro benzene ring substituents is 1. The quantitative estimate of drug-likeness (QED) is 0.131. The van der Waals surface area contributed by atoms with Gasteiger partial charge >= 0.3 is 10.1 Å². The molecule has 3 aromatic carbocycles. The fourth-order valence-electron chi connectivity index (χ4n) is 2.95. The number of nitro benzene ring substituents is 1. The van der Waals surface area contributed by atoms with Crippen molar-refractivity contribution in [2.75, 3.05) is 12.4 Å². The monoisotopic (exact) mass is 571 g/mol. The standard InChI is InChI=1S/C24H18BrN3O7S/c1-15-3-5-18(6-4-15)27-24(29)17(14-26)11-16-12-21(25)23(22(13-16)34-2)35-36(32,33)20-9-7-19(8-10-20)28(30)31/h3-13H,1-2H3,(H,27,29)/b17-11-. The number of amides is 1. The summed E-state index contributed by atoms with van der Waals surface area (Å²) in [6, 6.07) is 15.9. The fourth-order valence-corrected chi connectivity index (χ4v) is 4.55. The molecule has 0 aliphatic carbocycles. The van der Waals surface area contributed by atoms with Crippen molar-refractivity contribution in [3.05, 3.63) is 92.0 Å². The van der Waals surface area contributed by atoms with Crippen LogP contribution in [-0.2, 0) is 14.9 Å². The van der Waals surface area contributed by atoms with E-state index in [9.17, 15) is 28.6 Å². The number of aryl methyl sites for hydroxylation is 1. The topological polar surface area (TPSA) is 149 Å². The normalized spacial score (nSPS) is 11.3. The summed E-state index contributed by atoms with van der Waals surface area (Å²) in [7, 11) is -3.08. The Bertz CT molecular complexity index is 1490. The lowest BCUT2D eigenvalue weighted by Crippen LogP contribution is -2.13. The first kappa shape index (κ1) is 26.4. The summed E-state index contributed by atoms with van der Waals surface area (Å²) in [5.74, 6) is -0.814. The van der Waals surface area contributed by atoms with E-state index in [2.05, 4.69) is 21.2 Å². The largest absolute Gasteiger partial charge is 0.493 e. The minimum absolute atomic E-state index is 0.00246. The predicted octanol–water partition coefficient (Wildman–Crippen LogP) is 4.99. The smallest absolute Gasteiger partial charge is 0.339 e. The van der Waals surface area contributed by atoms with Crippen LogP contribution in [0.5, 0.6) is 11.5 Å². The Morgan fingerprint density at radius 3 is 2.33 bits per heavy atom. The second-order valence-corrected chi connectivity index (χ2v) is 9.71. The van der Waals surface area contributed by atoms with Gasteiger partial charge < -0.3 is 14.2 Å². The predicted molar refractivity (Wildman–Crippen MR) is 135 cm³/mol. The van der Waals surface area contributed by atoms with Gasteiger partial charge in [-0.2, -0.15) is 13.7 Å². The highest BCUT2D eigenvalue weighted by molar-refractivity contribution is 9.10. The zero-order valence-corrected chi connectivity index (χ0v) is 21.3. The highest BCUT2D eigenvalue weighted by atomic mass is 79.9. The number of anilines is 1. The molecule has 36 heavy (non-hydrogen) atoms. The molecule has 0 bridgehead atoms. The fraction of sp³-hybridized carbons (Fsp3) is 0.0833. The van der Waals surface area contributed by atoms with Gasteiger partial charge in [0, 0.05) is 17.8 Å². The average molecular weight is 572 g/mol. The number of methoxy groups -OCH3 is 1. The molecule has 0 saturated carbocycles. The number of rotatable bonds is 8. The first-order valence-electron chi connectivity index (χ1n) is 10.1. The van der Waals surface area contributed by atoms with E-state index in [1.54, 1.807) is 12.1 Å². The number of hydrogen-bond acceptors (Lipinski definition) is 8. The second-order valence-electron chi connectivity index (χ2n) is 7.31. The molecule has 0 aliphatic rings. The SMILES string of the molecule is COc1cc(/C=C(/C#N)C(=O)Nc2ccc(C)cc2)cc(Br)c1OS(=O)(=O)c1ccc([N+](=O)[O-])cc1. The molecular formula is C24H18BrN3O7S. The molecule has 0 aliphatic heterocycles. The molecule has 1 amide bonds. The molecule has 0 saturated heterocycles. The summed E-state index contributed by atoms with van der Waals surface area (Å²) in [6.07, 6.45) is 1.31. The van der Waals surface area contributed by atoms with Crippen LogP contribution in [0.4, 0.5) is 11.4 Å². The Hall–Kier alpha value is -4.21. The molecule has 0 fully saturated rings. The Morgan fingerprint density at radius 1 is 1.14 bits per heavy atom. The number of nitrogens with zero attached hydrogens (tertiary/aromatic N) is 2. The highest BCUT2D eigenvalue weighted by Gasteiger charge is 2.23. The Labute approximate surface area is 215 Å². The lowest BCUT2D eigenvalue weighted by atomic mass is 10.1. The molecule has 3 aromatic rings. The van der Waals surface area contributed by atoms with Crippen LogP contribution in [-0.4, -0.2) is 26.4 Å². The van der Waals surface area contributed by atoms with Crippen LogP contribution in [0.15, 0.2) is 75.6 Å². The molecule has 0 radical (unpaired) electrons. The number of ether oxygens (including phenoxy) is 1. The maximum Gasteiger partial charge on any atom is 0.339 e. The van der Waals surface area contributed by atoms with Crippen molar-refractivity contribution in [2.45, 2.75) is 11.8 Å². The van der Waals surface area contributed by atoms with E-state index in [-0.39, 0.29) is 32.1 Å². The van der Waals surface area contributed by atoms with Crippen molar-refractivity contribution < 1.29 is 27.1 Å². The Kier molecular flexibility index (Phi) is 8.08. The third-order valence-corrected chi connectivity index (χ3v) is 6.59. The van der Waals surface area contributed by atoms with E-state index in [0.717, 1.165) is 29.8 Å². The van der Waals surface area contributed by atoms with Gasteiger partial charge in [-0.1, -0.05) is 17.7 Å². The summed E-state index contributed by atoms with van der Waals surface area (Å²) in [6.45, 7) is 1.90. The molecule has 0 unspecified atom stereocenters. The molecule has 0 heterocycles. The van der Waals surface area contributed by atoms with Gasteiger partial charge in [0.2, 0.25) is 0 Å². The molecular weight excluding hydrogens is 554 g/mol. The van der Waals surface area contributed by atoms with Gasteiger partial charge in [0.05, 0.1) is 16.5 Å². The zero-order valence-electron chi connectivity index (χ0n) is 18.9. The minimum atomic E-state index is -4.37. The van der Waals surface area contributed by atoms with Crippen molar-refractivity contribution in [1.29, 1.82) is 5.26 Å². The van der Waals surface area contributed by atoms with E-state index in [4.69, 9.17) is 8.92 Å². The summed E-state index contributed by atoms with van der Waals surface area (Å²) >= 11 is 3.23. The number of halogens is 1. The minimum Gasteiger partial charge on any atom is -0.493 e. The molecule has 0 spiro atoms. The number of hydrogen-bond donors (Lipinski definition) is 1. The van der Waals surface area contributed by atoms with Crippen LogP contribution >= 0.6 is 15.9 Å². The number of nitro groups is 1. The number of carbonyl (C=O) groups excluding carboxylic acids is 1. The summed E-state index contributed by atoms with van der Waals surface area (Å²) in [5.41, 5.74) is 1.42. The summed E-state index contributed by atoms with van der Waals surface area (Å²) in [5, 5.41) is 22.9. The van der Waals surface area contributed by atoms with Crippen LogP contribution in [0.2, 0.25) is 0 Å². The lowest BCUT2D eigenvalue weighted by Gasteiger charge is -2.13. The Morgan fingerprint density at radius 2 is 1.78 bits per heavy atom. The maximum absolute atomic E-state index is 12.7. The number of benzene rings is 3. The van der Waals surface area contributed by atoms with Crippen LogP contribution < -0.4 is 14.2 Å². The molecule has 3 rings (SSSR count). The highest BCUT2D eigenvalue weighted by Crippen LogP contribution is 2.39. The van der Waals surface area contributed by atoms with Crippen LogP contribution in [0.25, 0.3) is 6.08 Å². The summed E-state index contributed by atoms with van der Waals surface area (Å²) in [4.78, 5) is 22.4. The Balaban J connectivity index is 1.89. The van der Waals surface area contributed by atoms with E-state index >= 15 is 0 Å². The first-order chi connectivity index (χ1) is 17.0. The maximum atomic E-state index is 12.7. The molecule has 0 aromatic heterocycles. The molecule has 1 N–H and O–H groups in total. The summed E-state index contributed by atoms with van der Waals surface area (Å²) < 4.78 is 36.1. The van der Waals surface area contributed by atoms with Crippen molar-refractivity contribution in [3.8, 4) is 17.6 Å². The van der Waals surface area contributed by atoms with Gasteiger partial charge in [-0.05, 0) is 70.9 Å². The zero-order chi connectivity index (χ0) is 26.5. The molecule has 12 heteroatoms. The number of nitriles is 1. The van der Waals surface area contributed by atoms with Crippen LogP contribution in [0.3, 0.4) is 0 Å². The lowest BCUT2D eigenvalue weighted by molar-refractivity contribution is -0.384. The van der Waals surface area contributed by atoms with Crippen LogP contribution in [0.1, 0.15) is 11.1 Å². The first-order valence-corrected chi connectivity index (χ1v) is 12.3. The van der Waals surface area contributed by atoms with Gasteiger partial charge in [-0.15, -0.1) is 0 Å². The van der Waals surface area contributed by atoms with Gasteiger partial charge in [0.1, 0.15) is 16.5 Å². The average Bonchev–Trinajstić information content (AvgIpc) is 2.85. The van der Waals surface area contributed by atoms with E-state index in [1.165, 1.54) is 25.3 Å². The van der Waals surface area contributed by atoms with Crippen molar-refractivity contribution in [2.24, 2.45) is 0 Å². The molecule has 10 nitrogen and oxygen atoms in total. The third-order valence-electron chi connectivity index (χ3n) is 4.77. The van der Waals surface area contributed by atoms with Gasteiger partial charge in [0.15, 0.2) is 11.5 Å². The van der Waals surface area contributed by atoms with E-state index in [1.807, 2.05) is 25.1 Å². The van der Waals surface area contributed by atoms with Gasteiger partial charge in [0.25, 0.3) is 11.6 Å². The van der Waals surface area contributed by atoms with Crippen LogP contribution in [0, 0.1) is 28.4 Å². The number of nitrogens with one attached hydrogen (secondary N) is 1. The molecule has 0 atom stereocenters. The van der Waals surface area contributed by atoms with Gasteiger partial charge in [-0.3, -0.25) is 14.9 Å².